The minimum Gasteiger partial charge on any atom is -0.496 e. The van der Waals surface area contributed by atoms with Crippen molar-refractivity contribution in [3.63, 3.8) is 0 Å². The number of methoxy groups -OCH3 is 2. The third-order valence-electron chi connectivity index (χ3n) is 2.45. The molecule has 0 saturated heterocycles. The topological polar surface area (TPSA) is 30.5 Å². The number of likely N-dealkylation sites (N-methyl/N-ethyl adjacent to an activating group) is 1. The van der Waals surface area contributed by atoms with Crippen molar-refractivity contribution in [1.29, 1.82) is 0 Å². The van der Waals surface area contributed by atoms with Crippen LogP contribution in [0.2, 0.25) is 5.02 Å². The van der Waals surface area contributed by atoms with Crippen molar-refractivity contribution >= 4 is 11.6 Å². The zero-order chi connectivity index (χ0) is 12.0. The lowest BCUT2D eigenvalue weighted by Gasteiger charge is -2.19. The van der Waals surface area contributed by atoms with Gasteiger partial charge in [-0.2, -0.15) is 0 Å². The van der Waals surface area contributed by atoms with Crippen LogP contribution < -0.4 is 10.1 Å². The van der Waals surface area contributed by atoms with E-state index >= 15 is 0 Å². The second-order valence-electron chi connectivity index (χ2n) is 3.60. The van der Waals surface area contributed by atoms with Gasteiger partial charge in [-0.15, -0.1) is 0 Å². The summed E-state index contributed by atoms with van der Waals surface area (Å²) in [5, 5.41) is 3.86. The van der Waals surface area contributed by atoms with Gasteiger partial charge in [-0.05, 0) is 25.2 Å². The molecule has 0 aliphatic carbocycles. The van der Waals surface area contributed by atoms with Crippen LogP contribution in [0.15, 0.2) is 18.2 Å². The standard InChI is InChI=1S/C12H18ClNO2/c1-14-7-9(8-15-2)11-6-10(13)4-5-12(11)16-3/h4-6,9,14H,7-8H2,1-3H3. The molecule has 3 nitrogen and oxygen atoms in total. The molecule has 1 unspecified atom stereocenters. The molecule has 1 atom stereocenters. The summed E-state index contributed by atoms with van der Waals surface area (Å²) in [7, 11) is 5.27. The lowest BCUT2D eigenvalue weighted by molar-refractivity contribution is 0.177. The number of ether oxygens (including phenoxy) is 2. The predicted octanol–water partition coefficient (Wildman–Crippen LogP) is 2.30. The molecule has 0 radical (unpaired) electrons. The molecule has 0 spiro atoms. The first-order valence-electron chi connectivity index (χ1n) is 5.20. The number of benzene rings is 1. The Kier molecular flexibility index (Phi) is 5.60. The van der Waals surface area contributed by atoms with Crippen LogP contribution >= 0.6 is 11.6 Å². The summed E-state index contributed by atoms with van der Waals surface area (Å²) in [6.07, 6.45) is 0. The first-order chi connectivity index (χ1) is 7.72. The average molecular weight is 244 g/mol. The van der Waals surface area contributed by atoms with Crippen LogP contribution in [0.5, 0.6) is 5.75 Å². The van der Waals surface area contributed by atoms with Gasteiger partial charge in [0.25, 0.3) is 0 Å². The number of hydrogen-bond donors (Lipinski definition) is 1. The lowest BCUT2D eigenvalue weighted by atomic mass is 9.99. The van der Waals surface area contributed by atoms with Crippen LogP contribution in [0.4, 0.5) is 0 Å². The highest BCUT2D eigenvalue weighted by atomic mass is 35.5. The van der Waals surface area contributed by atoms with Crippen molar-refractivity contribution in [3.8, 4) is 5.75 Å². The van der Waals surface area contributed by atoms with Gasteiger partial charge in [-0.1, -0.05) is 11.6 Å². The Labute approximate surface area is 102 Å². The summed E-state index contributed by atoms with van der Waals surface area (Å²) in [4.78, 5) is 0. The highest BCUT2D eigenvalue weighted by molar-refractivity contribution is 6.30. The van der Waals surface area contributed by atoms with Crippen molar-refractivity contribution in [2.75, 3.05) is 34.4 Å². The molecule has 1 aromatic carbocycles. The van der Waals surface area contributed by atoms with E-state index in [2.05, 4.69) is 5.32 Å². The summed E-state index contributed by atoms with van der Waals surface area (Å²) in [5.41, 5.74) is 1.08. The van der Waals surface area contributed by atoms with Gasteiger partial charge in [0.05, 0.1) is 13.7 Å². The highest BCUT2D eigenvalue weighted by Gasteiger charge is 2.15. The van der Waals surface area contributed by atoms with E-state index in [0.29, 0.717) is 11.6 Å². The van der Waals surface area contributed by atoms with E-state index in [0.717, 1.165) is 17.9 Å². The Balaban J connectivity index is 3.00. The Hall–Kier alpha value is -0.770. The van der Waals surface area contributed by atoms with Gasteiger partial charge in [0, 0.05) is 30.2 Å². The fraction of sp³-hybridized carbons (Fsp3) is 0.500. The van der Waals surface area contributed by atoms with Crippen molar-refractivity contribution < 1.29 is 9.47 Å². The first kappa shape index (κ1) is 13.3. The quantitative estimate of drug-likeness (QED) is 0.832. The SMILES string of the molecule is CNCC(COC)c1cc(Cl)ccc1OC. The molecular weight excluding hydrogens is 226 g/mol. The zero-order valence-corrected chi connectivity index (χ0v) is 10.7. The Bertz CT molecular complexity index is 325. The van der Waals surface area contributed by atoms with Gasteiger partial charge in [0.15, 0.2) is 0 Å². The molecule has 0 heterocycles. The maximum absolute atomic E-state index is 6.00. The number of rotatable bonds is 6. The number of hydrogen-bond acceptors (Lipinski definition) is 3. The summed E-state index contributed by atoms with van der Waals surface area (Å²) >= 11 is 6.00. The molecule has 0 aliphatic rings. The first-order valence-corrected chi connectivity index (χ1v) is 5.57. The highest BCUT2D eigenvalue weighted by Crippen LogP contribution is 2.29. The van der Waals surface area contributed by atoms with Gasteiger partial charge < -0.3 is 14.8 Å². The summed E-state index contributed by atoms with van der Waals surface area (Å²) in [5.74, 6) is 1.09. The molecule has 1 rings (SSSR count). The fourth-order valence-electron chi connectivity index (χ4n) is 1.73. The molecule has 0 aliphatic heterocycles. The van der Waals surface area contributed by atoms with Crippen molar-refractivity contribution in [3.05, 3.63) is 28.8 Å². The fourth-order valence-corrected chi connectivity index (χ4v) is 1.91. The minimum atomic E-state index is 0.239. The zero-order valence-electron chi connectivity index (χ0n) is 9.92. The Morgan fingerprint density at radius 3 is 2.69 bits per heavy atom. The van der Waals surface area contributed by atoms with E-state index in [9.17, 15) is 0 Å². The molecule has 0 fully saturated rings. The molecule has 1 aromatic rings. The Morgan fingerprint density at radius 1 is 1.38 bits per heavy atom. The van der Waals surface area contributed by atoms with Gasteiger partial charge in [-0.3, -0.25) is 0 Å². The molecule has 0 saturated carbocycles. The largest absolute Gasteiger partial charge is 0.496 e. The van der Waals surface area contributed by atoms with Crippen molar-refractivity contribution in [1.82, 2.24) is 5.32 Å². The molecule has 0 aromatic heterocycles. The van der Waals surface area contributed by atoms with E-state index in [4.69, 9.17) is 21.1 Å². The average Bonchev–Trinajstić information content (AvgIpc) is 2.29. The van der Waals surface area contributed by atoms with Gasteiger partial charge in [0.1, 0.15) is 5.75 Å². The van der Waals surface area contributed by atoms with Crippen LogP contribution in [0.1, 0.15) is 11.5 Å². The van der Waals surface area contributed by atoms with E-state index in [1.807, 2.05) is 25.2 Å². The normalized spacial score (nSPS) is 12.5. The molecule has 0 amide bonds. The molecule has 0 bridgehead atoms. The smallest absolute Gasteiger partial charge is 0.122 e. The molecule has 1 N–H and O–H groups in total. The van der Waals surface area contributed by atoms with Crippen molar-refractivity contribution in [2.24, 2.45) is 0 Å². The minimum absolute atomic E-state index is 0.239. The molecule has 4 heteroatoms. The molecule has 90 valence electrons. The van der Waals surface area contributed by atoms with Gasteiger partial charge >= 0.3 is 0 Å². The van der Waals surface area contributed by atoms with Crippen LogP contribution in [-0.4, -0.2) is 34.4 Å². The van der Waals surface area contributed by atoms with Crippen LogP contribution in [-0.2, 0) is 4.74 Å². The van der Waals surface area contributed by atoms with E-state index < -0.39 is 0 Å². The summed E-state index contributed by atoms with van der Waals surface area (Å²) < 4.78 is 10.5. The maximum atomic E-state index is 6.00. The summed E-state index contributed by atoms with van der Waals surface area (Å²) in [6.45, 7) is 1.46. The predicted molar refractivity (Wildman–Crippen MR) is 66.5 cm³/mol. The van der Waals surface area contributed by atoms with Crippen LogP contribution in [0, 0.1) is 0 Å². The van der Waals surface area contributed by atoms with E-state index in [1.54, 1.807) is 14.2 Å². The van der Waals surface area contributed by atoms with Crippen LogP contribution in [0.3, 0.4) is 0 Å². The maximum Gasteiger partial charge on any atom is 0.122 e. The third kappa shape index (κ3) is 3.37. The molecular formula is C12H18ClNO2. The Morgan fingerprint density at radius 2 is 2.12 bits per heavy atom. The molecule has 16 heavy (non-hydrogen) atoms. The van der Waals surface area contributed by atoms with Gasteiger partial charge in [0.2, 0.25) is 0 Å². The number of nitrogens with one attached hydrogen (secondary N) is 1. The third-order valence-corrected chi connectivity index (χ3v) is 2.69. The second-order valence-corrected chi connectivity index (χ2v) is 4.03. The number of halogens is 1. The monoisotopic (exact) mass is 243 g/mol. The summed E-state index contributed by atoms with van der Waals surface area (Å²) in [6, 6.07) is 5.64. The van der Waals surface area contributed by atoms with Crippen molar-refractivity contribution in [2.45, 2.75) is 5.92 Å². The van der Waals surface area contributed by atoms with Gasteiger partial charge in [-0.25, -0.2) is 0 Å². The van der Waals surface area contributed by atoms with E-state index in [-0.39, 0.29) is 5.92 Å². The van der Waals surface area contributed by atoms with E-state index in [1.165, 1.54) is 0 Å². The van der Waals surface area contributed by atoms with Crippen LogP contribution in [0.25, 0.3) is 0 Å². The lowest BCUT2D eigenvalue weighted by Crippen LogP contribution is -2.21. The second kappa shape index (κ2) is 6.74.